The SMILES string of the molecule is CNC(=O)c1ccc(CNC2CC(C)CC(C)C2)cc1. The van der Waals surface area contributed by atoms with Gasteiger partial charge in [0.05, 0.1) is 0 Å². The molecule has 2 atom stereocenters. The van der Waals surface area contributed by atoms with E-state index in [4.69, 9.17) is 0 Å². The van der Waals surface area contributed by atoms with Gasteiger partial charge in [0.15, 0.2) is 0 Å². The summed E-state index contributed by atoms with van der Waals surface area (Å²) in [4.78, 5) is 11.5. The fourth-order valence-electron chi connectivity index (χ4n) is 3.29. The van der Waals surface area contributed by atoms with E-state index in [1.807, 2.05) is 24.3 Å². The van der Waals surface area contributed by atoms with E-state index >= 15 is 0 Å². The lowest BCUT2D eigenvalue weighted by Gasteiger charge is -2.32. The van der Waals surface area contributed by atoms with Gasteiger partial charge in [0.2, 0.25) is 0 Å². The Hall–Kier alpha value is -1.35. The van der Waals surface area contributed by atoms with E-state index in [1.165, 1.54) is 24.8 Å². The van der Waals surface area contributed by atoms with Crippen LogP contribution in [-0.2, 0) is 6.54 Å². The van der Waals surface area contributed by atoms with E-state index < -0.39 is 0 Å². The van der Waals surface area contributed by atoms with Gasteiger partial charge in [-0.2, -0.15) is 0 Å². The number of hydrogen-bond acceptors (Lipinski definition) is 2. The van der Waals surface area contributed by atoms with Crippen LogP contribution in [0.2, 0.25) is 0 Å². The quantitative estimate of drug-likeness (QED) is 0.886. The Morgan fingerprint density at radius 3 is 2.25 bits per heavy atom. The van der Waals surface area contributed by atoms with E-state index in [0.717, 1.165) is 23.9 Å². The Balaban J connectivity index is 1.86. The summed E-state index contributed by atoms with van der Waals surface area (Å²) in [5.41, 5.74) is 1.96. The van der Waals surface area contributed by atoms with Crippen LogP contribution in [0.3, 0.4) is 0 Å². The summed E-state index contributed by atoms with van der Waals surface area (Å²) in [5, 5.41) is 6.30. The minimum absolute atomic E-state index is 0.0283. The molecular formula is C17H26N2O. The molecule has 2 N–H and O–H groups in total. The third-order valence-corrected chi connectivity index (χ3v) is 4.22. The van der Waals surface area contributed by atoms with Gasteiger partial charge in [0, 0.05) is 25.2 Å². The van der Waals surface area contributed by atoms with Gasteiger partial charge < -0.3 is 10.6 Å². The highest BCUT2D eigenvalue weighted by atomic mass is 16.1. The largest absolute Gasteiger partial charge is 0.355 e. The molecule has 0 radical (unpaired) electrons. The highest BCUT2D eigenvalue weighted by Gasteiger charge is 2.23. The molecule has 0 saturated heterocycles. The Morgan fingerprint density at radius 2 is 1.70 bits per heavy atom. The van der Waals surface area contributed by atoms with E-state index in [2.05, 4.69) is 24.5 Å². The van der Waals surface area contributed by atoms with Crippen LogP contribution in [0.5, 0.6) is 0 Å². The summed E-state index contributed by atoms with van der Waals surface area (Å²) in [6.07, 6.45) is 3.92. The molecule has 1 aliphatic carbocycles. The number of amides is 1. The number of carbonyl (C=O) groups is 1. The molecule has 2 unspecified atom stereocenters. The number of nitrogens with one attached hydrogen (secondary N) is 2. The summed E-state index contributed by atoms with van der Waals surface area (Å²) in [5.74, 6) is 1.62. The van der Waals surface area contributed by atoms with Gasteiger partial charge in [-0.25, -0.2) is 0 Å². The van der Waals surface area contributed by atoms with Gasteiger partial charge >= 0.3 is 0 Å². The Bertz CT molecular complexity index is 431. The zero-order valence-corrected chi connectivity index (χ0v) is 12.8. The van der Waals surface area contributed by atoms with Crippen LogP contribution in [0, 0.1) is 11.8 Å². The lowest BCUT2D eigenvalue weighted by atomic mass is 9.80. The summed E-state index contributed by atoms with van der Waals surface area (Å²) in [6.45, 7) is 5.59. The second kappa shape index (κ2) is 6.89. The first kappa shape index (κ1) is 15.0. The number of hydrogen-bond donors (Lipinski definition) is 2. The van der Waals surface area contributed by atoms with Crippen molar-refractivity contribution in [3.63, 3.8) is 0 Å². The van der Waals surface area contributed by atoms with Crippen molar-refractivity contribution in [1.82, 2.24) is 10.6 Å². The molecule has 0 aliphatic heterocycles. The monoisotopic (exact) mass is 274 g/mol. The highest BCUT2D eigenvalue weighted by molar-refractivity contribution is 5.93. The maximum atomic E-state index is 11.5. The number of benzene rings is 1. The lowest BCUT2D eigenvalue weighted by Crippen LogP contribution is -2.35. The third kappa shape index (κ3) is 4.07. The summed E-state index contributed by atoms with van der Waals surface area (Å²) < 4.78 is 0. The second-order valence-corrected chi connectivity index (χ2v) is 6.27. The average molecular weight is 274 g/mol. The molecule has 3 nitrogen and oxygen atoms in total. The second-order valence-electron chi connectivity index (χ2n) is 6.27. The van der Waals surface area contributed by atoms with Crippen molar-refractivity contribution in [1.29, 1.82) is 0 Å². The lowest BCUT2D eigenvalue weighted by molar-refractivity contribution is 0.0963. The third-order valence-electron chi connectivity index (χ3n) is 4.22. The fraction of sp³-hybridized carbons (Fsp3) is 0.588. The molecule has 1 aromatic carbocycles. The molecule has 1 amide bonds. The minimum Gasteiger partial charge on any atom is -0.355 e. The zero-order valence-electron chi connectivity index (χ0n) is 12.8. The van der Waals surface area contributed by atoms with Gasteiger partial charge in [-0.15, -0.1) is 0 Å². The topological polar surface area (TPSA) is 41.1 Å². The Kier molecular flexibility index (Phi) is 5.18. The first-order valence-corrected chi connectivity index (χ1v) is 7.63. The average Bonchev–Trinajstić information content (AvgIpc) is 2.44. The summed E-state index contributed by atoms with van der Waals surface area (Å²) in [6, 6.07) is 8.48. The van der Waals surface area contributed by atoms with E-state index in [-0.39, 0.29) is 5.91 Å². The Morgan fingerprint density at radius 1 is 1.10 bits per heavy atom. The summed E-state index contributed by atoms with van der Waals surface area (Å²) >= 11 is 0. The van der Waals surface area contributed by atoms with Gasteiger partial charge in [-0.1, -0.05) is 26.0 Å². The van der Waals surface area contributed by atoms with Gasteiger partial charge in [-0.3, -0.25) is 4.79 Å². The van der Waals surface area contributed by atoms with Crippen molar-refractivity contribution in [3.05, 3.63) is 35.4 Å². The van der Waals surface area contributed by atoms with E-state index in [1.54, 1.807) is 7.05 Å². The minimum atomic E-state index is -0.0283. The smallest absolute Gasteiger partial charge is 0.251 e. The first-order valence-electron chi connectivity index (χ1n) is 7.63. The standard InChI is InChI=1S/C17H26N2O/c1-12-8-13(2)10-16(9-12)19-11-14-4-6-15(7-5-14)17(20)18-3/h4-7,12-13,16,19H,8-11H2,1-3H3,(H,18,20). The molecule has 0 aromatic heterocycles. The van der Waals surface area contributed by atoms with E-state index in [9.17, 15) is 4.79 Å². The van der Waals surface area contributed by atoms with Crippen LogP contribution in [-0.4, -0.2) is 19.0 Å². The van der Waals surface area contributed by atoms with Crippen LogP contribution in [0.15, 0.2) is 24.3 Å². The van der Waals surface area contributed by atoms with Crippen molar-refractivity contribution >= 4 is 5.91 Å². The molecule has 0 spiro atoms. The van der Waals surface area contributed by atoms with Crippen molar-refractivity contribution < 1.29 is 4.79 Å². The maximum absolute atomic E-state index is 11.5. The van der Waals surface area contributed by atoms with Crippen LogP contribution >= 0.6 is 0 Å². The van der Waals surface area contributed by atoms with Gasteiger partial charge in [0.1, 0.15) is 0 Å². The normalized spacial score (nSPS) is 26.2. The highest BCUT2D eigenvalue weighted by Crippen LogP contribution is 2.28. The zero-order chi connectivity index (χ0) is 14.5. The Labute approximate surface area is 122 Å². The molecule has 0 heterocycles. The van der Waals surface area contributed by atoms with Crippen molar-refractivity contribution in [2.24, 2.45) is 11.8 Å². The maximum Gasteiger partial charge on any atom is 0.251 e. The van der Waals surface area contributed by atoms with Crippen molar-refractivity contribution in [3.8, 4) is 0 Å². The van der Waals surface area contributed by atoms with Gasteiger partial charge in [-0.05, 0) is 48.8 Å². The fourth-order valence-corrected chi connectivity index (χ4v) is 3.29. The molecule has 0 bridgehead atoms. The van der Waals surface area contributed by atoms with Gasteiger partial charge in [0.25, 0.3) is 5.91 Å². The summed E-state index contributed by atoms with van der Waals surface area (Å²) in [7, 11) is 1.66. The predicted octanol–water partition coefficient (Wildman–Crippen LogP) is 2.96. The molecule has 1 aliphatic rings. The van der Waals surface area contributed by atoms with Crippen LogP contribution in [0.1, 0.15) is 49.0 Å². The molecule has 1 saturated carbocycles. The molecule has 1 aromatic rings. The predicted molar refractivity (Wildman–Crippen MR) is 82.6 cm³/mol. The molecular weight excluding hydrogens is 248 g/mol. The molecule has 110 valence electrons. The van der Waals surface area contributed by atoms with Crippen molar-refractivity contribution in [2.75, 3.05) is 7.05 Å². The molecule has 1 fully saturated rings. The van der Waals surface area contributed by atoms with Crippen LogP contribution in [0.4, 0.5) is 0 Å². The number of rotatable bonds is 4. The molecule has 2 rings (SSSR count). The number of carbonyl (C=O) groups excluding carboxylic acids is 1. The van der Waals surface area contributed by atoms with Crippen LogP contribution < -0.4 is 10.6 Å². The van der Waals surface area contributed by atoms with E-state index in [0.29, 0.717) is 6.04 Å². The molecule has 20 heavy (non-hydrogen) atoms. The first-order chi connectivity index (χ1) is 9.58. The molecule has 3 heteroatoms. The van der Waals surface area contributed by atoms with Crippen LogP contribution in [0.25, 0.3) is 0 Å². The van der Waals surface area contributed by atoms with Crippen molar-refractivity contribution in [2.45, 2.75) is 45.7 Å².